The molecule has 0 amide bonds. The van der Waals surface area contributed by atoms with Crippen LogP contribution in [-0.4, -0.2) is 24.2 Å². The Bertz CT molecular complexity index is 1230. The van der Waals surface area contributed by atoms with E-state index in [0.29, 0.717) is 29.2 Å². The number of aliphatic hydroxyl groups is 1. The molecule has 0 saturated heterocycles. The van der Waals surface area contributed by atoms with Crippen LogP contribution in [0.25, 0.3) is 0 Å². The summed E-state index contributed by atoms with van der Waals surface area (Å²) in [5.41, 5.74) is 0.581. The number of hydrogen-bond acceptors (Lipinski definition) is 7. The highest BCUT2D eigenvalue weighted by Gasteiger charge is 2.51. The van der Waals surface area contributed by atoms with Crippen LogP contribution in [0.15, 0.2) is 42.5 Å². The van der Waals surface area contributed by atoms with Gasteiger partial charge in [0.1, 0.15) is 23.7 Å². The molecule has 2 bridgehead atoms. The van der Waals surface area contributed by atoms with Crippen LogP contribution >= 0.6 is 0 Å². The number of aliphatic hydroxyl groups excluding tert-OH is 1. The first-order chi connectivity index (χ1) is 17.2. The van der Waals surface area contributed by atoms with Gasteiger partial charge in [0.05, 0.1) is 18.6 Å². The fourth-order valence-corrected chi connectivity index (χ4v) is 5.66. The Balaban J connectivity index is 1.51. The van der Waals surface area contributed by atoms with Gasteiger partial charge in [-0.2, -0.15) is 0 Å². The summed E-state index contributed by atoms with van der Waals surface area (Å²) in [6, 6.07) is 8.51. The second-order valence-corrected chi connectivity index (χ2v) is 10.6. The molecule has 1 fully saturated rings. The maximum absolute atomic E-state index is 13.3. The number of benzene rings is 2. The molecular formula is C29H32O7. The lowest BCUT2D eigenvalue weighted by molar-refractivity contribution is -0.146. The van der Waals surface area contributed by atoms with Crippen LogP contribution in [0.1, 0.15) is 67.6 Å². The lowest BCUT2D eigenvalue weighted by Gasteiger charge is -2.29. The Morgan fingerprint density at radius 1 is 1.22 bits per heavy atom. The van der Waals surface area contributed by atoms with Crippen molar-refractivity contribution in [3.8, 4) is 23.0 Å². The van der Waals surface area contributed by atoms with E-state index in [1.54, 1.807) is 30.3 Å². The van der Waals surface area contributed by atoms with Gasteiger partial charge < -0.3 is 24.1 Å². The Morgan fingerprint density at radius 3 is 2.69 bits per heavy atom. The van der Waals surface area contributed by atoms with Gasteiger partial charge in [0.2, 0.25) is 0 Å². The van der Waals surface area contributed by atoms with Gasteiger partial charge in [-0.1, -0.05) is 38.1 Å². The zero-order valence-electron chi connectivity index (χ0n) is 21.1. The molecule has 0 radical (unpaired) electrons. The average molecular weight is 493 g/mol. The molecule has 7 nitrogen and oxygen atoms in total. The summed E-state index contributed by atoms with van der Waals surface area (Å²) in [5.74, 6) is 0.932. The fourth-order valence-electron chi connectivity index (χ4n) is 5.66. The van der Waals surface area contributed by atoms with E-state index in [0.717, 1.165) is 12.8 Å². The molecule has 2 aromatic carbocycles. The third kappa shape index (κ3) is 4.15. The highest BCUT2D eigenvalue weighted by atomic mass is 16.6. The molecule has 4 atom stereocenters. The van der Waals surface area contributed by atoms with E-state index in [9.17, 15) is 14.7 Å². The van der Waals surface area contributed by atoms with Gasteiger partial charge in [0.15, 0.2) is 11.5 Å². The number of carbonyl (C=O) groups is 2. The third-order valence-corrected chi connectivity index (χ3v) is 7.59. The summed E-state index contributed by atoms with van der Waals surface area (Å²) in [5, 5.41) is 10.8. The van der Waals surface area contributed by atoms with Gasteiger partial charge in [-0.3, -0.25) is 4.79 Å². The van der Waals surface area contributed by atoms with Gasteiger partial charge in [-0.15, -0.1) is 0 Å². The predicted octanol–water partition coefficient (Wildman–Crippen LogP) is 5.75. The minimum absolute atomic E-state index is 0.0639. The fraction of sp³-hybridized carbons (Fsp3) is 0.448. The molecule has 0 spiro atoms. The van der Waals surface area contributed by atoms with Crippen molar-refractivity contribution < 1.29 is 33.6 Å². The molecule has 7 heteroatoms. The summed E-state index contributed by atoms with van der Waals surface area (Å²) < 4.78 is 23.3. The summed E-state index contributed by atoms with van der Waals surface area (Å²) in [6.07, 6.45) is 5.74. The molecule has 1 heterocycles. The summed E-state index contributed by atoms with van der Waals surface area (Å²) in [6.45, 7) is 5.91. The van der Waals surface area contributed by atoms with Gasteiger partial charge in [-0.25, -0.2) is 4.79 Å². The SMILES string of the molecule is COc1c([C@@H](O)CC(C)C)ccc2c1C(=O)OCc1cccc(OC(=O)C3(C)CC4C=CC3C4)c1O2. The van der Waals surface area contributed by atoms with Crippen molar-refractivity contribution in [2.75, 3.05) is 7.11 Å². The maximum atomic E-state index is 13.3. The van der Waals surface area contributed by atoms with Crippen LogP contribution in [0.4, 0.5) is 0 Å². The number of fused-ring (bicyclic) bond motifs is 4. The zero-order chi connectivity index (χ0) is 25.6. The summed E-state index contributed by atoms with van der Waals surface area (Å²) in [7, 11) is 1.44. The van der Waals surface area contributed by atoms with Crippen molar-refractivity contribution in [2.24, 2.45) is 23.2 Å². The molecule has 3 unspecified atom stereocenters. The lowest BCUT2D eigenvalue weighted by atomic mass is 9.78. The molecule has 5 rings (SSSR count). The number of para-hydroxylation sites is 1. The monoisotopic (exact) mass is 492 g/mol. The molecule has 190 valence electrons. The number of allylic oxidation sites excluding steroid dienone is 2. The number of ether oxygens (including phenoxy) is 4. The Morgan fingerprint density at radius 2 is 2.03 bits per heavy atom. The Hall–Kier alpha value is -3.32. The second-order valence-electron chi connectivity index (χ2n) is 10.6. The van der Waals surface area contributed by atoms with Crippen LogP contribution < -0.4 is 14.2 Å². The molecule has 2 aliphatic carbocycles. The standard InChI is InChI=1S/C29H32O7/c1-16(2)12-21(30)20-10-11-22-24(26(20)33-4)27(31)34-15-18-6-5-7-23(25(18)35-22)36-28(32)29(3)14-17-8-9-19(29)13-17/h5-11,16-17,19,21,30H,12-15H2,1-4H3/t17?,19?,21-,29?/m0/s1. The normalized spacial score (nSPS) is 24.8. The number of methoxy groups -OCH3 is 1. The molecule has 36 heavy (non-hydrogen) atoms. The maximum Gasteiger partial charge on any atom is 0.346 e. The molecule has 1 N–H and O–H groups in total. The predicted molar refractivity (Wildman–Crippen MR) is 132 cm³/mol. The van der Waals surface area contributed by atoms with Crippen LogP contribution in [0.3, 0.4) is 0 Å². The zero-order valence-corrected chi connectivity index (χ0v) is 21.1. The van der Waals surface area contributed by atoms with Crippen molar-refractivity contribution in [1.29, 1.82) is 0 Å². The number of hydrogen-bond donors (Lipinski definition) is 1. The Kier molecular flexibility index (Phi) is 6.29. The average Bonchev–Trinajstić information content (AvgIpc) is 3.43. The van der Waals surface area contributed by atoms with Gasteiger partial charge in [-0.05, 0) is 62.1 Å². The number of rotatable bonds is 6. The molecule has 0 aromatic heterocycles. The van der Waals surface area contributed by atoms with Crippen molar-refractivity contribution in [3.05, 3.63) is 59.2 Å². The van der Waals surface area contributed by atoms with Crippen LogP contribution in [0, 0.1) is 23.2 Å². The van der Waals surface area contributed by atoms with Crippen molar-refractivity contribution in [3.63, 3.8) is 0 Å². The van der Waals surface area contributed by atoms with Crippen LogP contribution in [-0.2, 0) is 16.1 Å². The smallest absolute Gasteiger partial charge is 0.346 e. The third-order valence-electron chi connectivity index (χ3n) is 7.59. The topological polar surface area (TPSA) is 91.3 Å². The molecular weight excluding hydrogens is 460 g/mol. The van der Waals surface area contributed by atoms with E-state index in [1.165, 1.54) is 7.11 Å². The molecule has 1 aliphatic heterocycles. The summed E-state index contributed by atoms with van der Waals surface area (Å²) >= 11 is 0. The minimum Gasteiger partial charge on any atom is -0.495 e. The van der Waals surface area contributed by atoms with E-state index < -0.39 is 17.5 Å². The number of cyclic esters (lactones) is 1. The first-order valence-electron chi connectivity index (χ1n) is 12.5. The largest absolute Gasteiger partial charge is 0.495 e. The molecule has 2 aromatic rings. The highest BCUT2D eigenvalue weighted by Crippen LogP contribution is 2.53. The van der Waals surface area contributed by atoms with Crippen molar-refractivity contribution in [1.82, 2.24) is 0 Å². The van der Waals surface area contributed by atoms with E-state index in [2.05, 4.69) is 12.2 Å². The van der Waals surface area contributed by atoms with E-state index in [-0.39, 0.29) is 47.2 Å². The highest BCUT2D eigenvalue weighted by molar-refractivity contribution is 5.97. The second kappa shape index (κ2) is 9.28. The molecule has 1 saturated carbocycles. The number of esters is 2. The van der Waals surface area contributed by atoms with E-state index in [4.69, 9.17) is 18.9 Å². The van der Waals surface area contributed by atoms with E-state index in [1.807, 2.05) is 20.8 Å². The minimum atomic E-state index is -0.816. The summed E-state index contributed by atoms with van der Waals surface area (Å²) in [4.78, 5) is 26.4. The van der Waals surface area contributed by atoms with Crippen LogP contribution in [0.5, 0.6) is 23.0 Å². The van der Waals surface area contributed by atoms with Gasteiger partial charge in [0, 0.05) is 11.1 Å². The first-order valence-corrected chi connectivity index (χ1v) is 12.5. The number of carbonyl (C=O) groups excluding carboxylic acids is 2. The van der Waals surface area contributed by atoms with Crippen LogP contribution in [0.2, 0.25) is 0 Å². The van der Waals surface area contributed by atoms with E-state index >= 15 is 0 Å². The van der Waals surface area contributed by atoms with Gasteiger partial charge >= 0.3 is 11.9 Å². The first kappa shape index (κ1) is 24.4. The Labute approximate surface area is 211 Å². The lowest BCUT2D eigenvalue weighted by Crippen LogP contribution is -2.35. The van der Waals surface area contributed by atoms with Crippen molar-refractivity contribution in [2.45, 2.75) is 52.7 Å². The quantitative estimate of drug-likeness (QED) is 0.312. The van der Waals surface area contributed by atoms with Gasteiger partial charge in [0.25, 0.3) is 0 Å². The van der Waals surface area contributed by atoms with Crippen molar-refractivity contribution >= 4 is 11.9 Å². The molecule has 3 aliphatic rings.